The van der Waals surface area contributed by atoms with Crippen LogP contribution in [-0.4, -0.2) is 49.6 Å². The number of rotatable bonds is 7. The van der Waals surface area contributed by atoms with Gasteiger partial charge in [0.15, 0.2) is 6.61 Å². The summed E-state index contributed by atoms with van der Waals surface area (Å²) in [6.45, 7) is -0.0169. The second-order valence-electron chi connectivity index (χ2n) is 5.97. The molecule has 28 heavy (non-hydrogen) atoms. The van der Waals surface area contributed by atoms with Crippen LogP contribution >= 0.6 is 11.3 Å². The highest BCUT2D eigenvalue weighted by Crippen LogP contribution is 2.25. The van der Waals surface area contributed by atoms with Crippen molar-refractivity contribution in [3.63, 3.8) is 0 Å². The zero-order valence-corrected chi connectivity index (χ0v) is 16.6. The fourth-order valence-electron chi connectivity index (χ4n) is 2.56. The molecule has 0 aliphatic rings. The van der Waals surface area contributed by atoms with E-state index in [0.717, 1.165) is 15.2 Å². The standard InChI is InChI=1S/C20H20N2O5S/c1-22(11-18-21-15-6-4-5-7-17(15)28-18)19(23)12-27-20(24)14-9-8-13(25-2)10-16(14)26-3/h4-10H,11-12H2,1-3H3. The summed E-state index contributed by atoms with van der Waals surface area (Å²) in [6.07, 6.45) is 0. The second kappa shape index (κ2) is 8.71. The Hall–Kier alpha value is -3.13. The average molecular weight is 400 g/mol. The maximum atomic E-state index is 12.3. The van der Waals surface area contributed by atoms with Crippen LogP contribution in [0.4, 0.5) is 0 Å². The number of aromatic nitrogens is 1. The van der Waals surface area contributed by atoms with Crippen LogP contribution in [-0.2, 0) is 16.1 Å². The van der Waals surface area contributed by atoms with E-state index in [9.17, 15) is 9.59 Å². The van der Waals surface area contributed by atoms with E-state index in [-0.39, 0.29) is 18.1 Å². The number of esters is 1. The third kappa shape index (κ3) is 4.40. The molecular weight excluding hydrogens is 380 g/mol. The summed E-state index contributed by atoms with van der Waals surface area (Å²) in [5.41, 5.74) is 1.13. The molecule has 7 nitrogen and oxygen atoms in total. The molecule has 1 amide bonds. The highest BCUT2D eigenvalue weighted by Gasteiger charge is 2.18. The fourth-order valence-corrected chi connectivity index (χ4v) is 3.58. The van der Waals surface area contributed by atoms with Gasteiger partial charge in [0, 0.05) is 13.1 Å². The number of nitrogens with zero attached hydrogens (tertiary/aromatic N) is 2. The number of carbonyl (C=O) groups is 2. The molecule has 1 aromatic heterocycles. The summed E-state index contributed by atoms with van der Waals surface area (Å²) in [4.78, 5) is 30.6. The van der Waals surface area contributed by atoms with Gasteiger partial charge in [-0.05, 0) is 24.3 Å². The Morgan fingerprint density at radius 1 is 1.11 bits per heavy atom. The van der Waals surface area contributed by atoms with Gasteiger partial charge >= 0.3 is 5.97 Å². The van der Waals surface area contributed by atoms with E-state index in [4.69, 9.17) is 14.2 Å². The molecule has 0 unspecified atom stereocenters. The largest absolute Gasteiger partial charge is 0.497 e. The average Bonchev–Trinajstić information content (AvgIpc) is 3.13. The van der Waals surface area contributed by atoms with E-state index in [1.807, 2.05) is 24.3 Å². The maximum Gasteiger partial charge on any atom is 0.342 e. The number of fused-ring (bicyclic) bond motifs is 1. The number of hydrogen-bond donors (Lipinski definition) is 0. The third-order valence-electron chi connectivity index (χ3n) is 4.09. The summed E-state index contributed by atoms with van der Waals surface area (Å²) in [5, 5.41) is 0.820. The van der Waals surface area contributed by atoms with E-state index >= 15 is 0 Å². The number of amides is 1. The van der Waals surface area contributed by atoms with Crippen molar-refractivity contribution in [2.24, 2.45) is 0 Å². The Bertz CT molecular complexity index is 968. The number of hydrogen-bond acceptors (Lipinski definition) is 7. The van der Waals surface area contributed by atoms with Gasteiger partial charge in [0.05, 0.1) is 31.0 Å². The number of benzene rings is 2. The molecule has 0 aliphatic carbocycles. The van der Waals surface area contributed by atoms with Gasteiger partial charge in [-0.3, -0.25) is 4.79 Å². The topological polar surface area (TPSA) is 78.0 Å². The van der Waals surface area contributed by atoms with Gasteiger partial charge in [0.2, 0.25) is 0 Å². The first kappa shape index (κ1) is 19.6. The molecule has 0 radical (unpaired) electrons. The minimum absolute atomic E-state index is 0.227. The SMILES string of the molecule is COc1ccc(C(=O)OCC(=O)N(C)Cc2nc3ccccc3s2)c(OC)c1. The predicted octanol–water partition coefficient (Wildman–Crippen LogP) is 3.13. The van der Waals surface area contributed by atoms with Crippen molar-refractivity contribution in [3.05, 3.63) is 53.0 Å². The summed E-state index contributed by atoms with van der Waals surface area (Å²) >= 11 is 1.53. The Balaban J connectivity index is 1.59. The number of methoxy groups -OCH3 is 2. The number of ether oxygens (including phenoxy) is 3. The van der Waals surface area contributed by atoms with Crippen molar-refractivity contribution in [2.75, 3.05) is 27.9 Å². The fraction of sp³-hybridized carbons (Fsp3) is 0.250. The van der Waals surface area contributed by atoms with Crippen LogP contribution in [0, 0.1) is 0 Å². The van der Waals surface area contributed by atoms with Gasteiger partial charge in [-0.1, -0.05) is 12.1 Å². The van der Waals surface area contributed by atoms with Crippen LogP contribution in [0.2, 0.25) is 0 Å². The number of thiazole rings is 1. The summed E-state index contributed by atoms with van der Waals surface area (Å²) in [5.74, 6) is -0.0824. The van der Waals surface area contributed by atoms with Gasteiger partial charge in [-0.25, -0.2) is 9.78 Å². The Labute approximate surface area is 166 Å². The van der Waals surface area contributed by atoms with E-state index in [1.54, 1.807) is 19.2 Å². The van der Waals surface area contributed by atoms with Crippen molar-refractivity contribution in [2.45, 2.75) is 6.54 Å². The van der Waals surface area contributed by atoms with Crippen molar-refractivity contribution in [3.8, 4) is 11.5 Å². The summed E-state index contributed by atoms with van der Waals surface area (Å²) in [7, 11) is 4.62. The minimum Gasteiger partial charge on any atom is -0.497 e. The van der Waals surface area contributed by atoms with Crippen molar-refractivity contribution in [1.82, 2.24) is 9.88 Å². The van der Waals surface area contributed by atoms with Crippen LogP contribution in [0.1, 0.15) is 15.4 Å². The molecule has 0 bridgehead atoms. The van der Waals surface area contributed by atoms with Crippen LogP contribution in [0.3, 0.4) is 0 Å². The molecule has 0 saturated heterocycles. The second-order valence-corrected chi connectivity index (χ2v) is 7.08. The van der Waals surface area contributed by atoms with Crippen molar-refractivity contribution in [1.29, 1.82) is 0 Å². The van der Waals surface area contributed by atoms with Gasteiger partial charge < -0.3 is 19.1 Å². The monoisotopic (exact) mass is 400 g/mol. The number of para-hydroxylation sites is 1. The third-order valence-corrected chi connectivity index (χ3v) is 5.11. The first-order chi connectivity index (χ1) is 13.5. The Kier molecular flexibility index (Phi) is 6.10. The molecule has 0 atom stereocenters. The number of carbonyl (C=O) groups excluding carboxylic acids is 2. The zero-order valence-electron chi connectivity index (χ0n) is 15.8. The molecule has 0 aliphatic heterocycles. The molecule has 1 heterocycles. The highest BCUT2D eigenvalue weighted by atomic mass is 32.1. The molecule has 8 heteroatoms. The van der Waals surface area contributed by atoms with Crippen LogP contribution in [0.5, 0.6) is 11.5 Å². The number of likely N-dealkylation sites (N-methyl/N-ethyl adjacent to an activating group) is 1. The molecular formula is C20H20N2O5S. The lowest BCUT2D eigenvalue weighted by Gasteiger charge is -2.16. The minimum atomic E-state index is -0.638. The van der Waals surface area contributed by atoms with E-state index in [2.05, 4.69) is 4.98 Å². The smallest absolute Gasteiger partial charge is 0.342 e. The molecule has 0 N–H and O–H groups in total. The highest BCUT2D eigenvalue weighted by molar-refractivity contribution is 7.18. The summed E-state index contributed by atoms with van der Waals surface area (Å²) in [6, 6.07) is 12.5. The Morgan fingerprint density at radius 3 is 2.61 bits per heavy atom. The zero-order chi connectivity index (χ0) is 20.1. The van der Waals surface area contributed by atoms with E-state index < -0.39 is 5.97 Å². The molecule has 146 valence electrons. The molecule has 2 aromatic carbocycles. The first-order valence-electron chi connectivity index (χ1n) is 8.49. The van der Waals surface area contributed by atoms with E-state index in [1.165, 1.54) is 36.5 Å². The van der Waals surface area contributed by atoms with Crippen LogP contribution in [0.25, 0.3) is 10.2 Å². The van der Waals surface area contributed by atoms with E-state index in [0.29, 0.717) is 18.0 Å². The van der Waals surface area contributed by atoms with Crippen LogP contribution < -0.4 is 9.47 Å². The first-order valence-corrected chi connectivity index (χ1v) is 9.31. The van der Waals surface area contributed by atoms with Crippen LogP contribution in [0.15, 0.2) is 42.5 Å². The lowest BCUT2D eigenvalue weighted by Crippen LogP contribution is -2.30. The lowest BCUT2D eigenvalue weighted by atomic mass is 10.2. The van der Waals surface area contributed by atoms with Gasteiger partial charge in [0.1, 0.15) is 22.1 Å². The molecule has 0 fully saturated rings. The van der Waals surface area contributed by atoms with Crippen molar-refractivity contribution < 1.29 is 23.8 Å². The van der Waals surface area contributed by atoms with Crippen molar-refractivity contribution >= 4 is 33.4 Å². The lowest BCUT2D eigenvalue weighted by molar-refractivity contribution is -0.133. The van der Waals surface area contributed by atoms with Gasteiger partial charge in [-0.15, -0.1) is 11.3 Å². The summed E-state index contributed by atoms with van der Waals surface area (Å²) < 4.78 is 16.5. The van der Waals surface area contributed by atoms with Gasteiger partial charge in [-0.2, -0.15) is 0 Å². The molecule has 0 spiro atoms. The van der Waals surface area contributed by atoms with Gasteiger partial charge in [0.25, 0.3) is 5.91 Å². The maximum absolute atomic E-state index is 12.3. The molecule has 3 rings (SSSR count). The Morgan fingerprint density at radius 2 is 1.89 bits per heavy atom. The normalized spacial score (nSPS) is 10.5. The molecule has 0 saturated carbocycles. The quantitative estimate of drug-likeness (QED) is 0.567. The predicted molar refractivity (Wildman–Crippen MR) is 106 cm³/mol. The molecule has 3 aromatic rings.